The molecule has 0 fully saturated rings. The Kier molecular flexibility index (Phi) is 5.93. The number of methoxy groups -OCH3 is 1. The third-order valence-corrected chi connectivity index (χ3v) is 6.30. The van der Waals surface area contributed by atoms with E-state index in [1.54, 1.807) is 30.3 Å². The predicted molar refractivity (Wildman–Crippen MR) is 92.3 cm³/mol. The number of thiophene rings is 1. The number of esters is 1. The summed E-state index contributed by atoms with van der Waals surface area (Å²) < 4.78 is 32.1. The van der Waals surface area contributed by atoms with Crippen LogP contribution in [0.25, 0.3) is 0 Å². The van der Waals surface area contributed by atoms with Crippen LogP contribution >= 0.6 is 11.3 Å². The summed E-state index contributed by atoms with van der Waals surface area (Å²) in [6.45, 7) is 1.53. The number of carbonyl (C=O) groups is 2. The molecule has 7 nitrogen and oxygen atoms in total. The molecule has 0 bridgehead atoms. The van der Waals surface area contributed by atoms with Gasteiger partial charge in [-0.15, -0.1) is 11.3 Å². The SMILES string of the molecule is COC(=O)c1scc(C)c1S(=O)(=O)N[C@@H](Cc1ccccc1)C(=O)O. The summed E-state index contributed by atoms with van der Waals surface area (Å²) >= 11 is 0.934. The molecule has 134 valence electrons. The normalized spacial score (nSPS) is 12.6. The van der Waals surface area contributed by atoms with Crippen molar-refractivity contribution in [2.75, 3.05) is 7.11 Å². The first-order valence-electron chi connectivity index (χ1n) is 7.21. The Balaban J connectivity index is 2.34. The summed E-state index contributed by atoms with van der Waals surface area (Å²) in [5, 5.41) is 10.9. The van der Waals surface area contributed by atoms with Crippen molar-refractivity contribution in [1.29, 1.82) is 0 Å². The van der Waals surface area contributed by atoms with E-state index in [-0.39, 0.29) is 16.2 Å². The first-order valence-corrected chi connectivity index (χ1v) is 9.58. The number of aliphatic carboxylic acids is 1. The zero-order chi connectivity index (χ0) is 18.6. The number of carboxylic acids is 1. The molecule has 9 heteroatoms. The van der Waals surface area contributed by atoms with Crippen LogP contribution in [0.15, 0.2) is 40.6 Å². The van der Waals surface area contributed by atoms with Crippen LogP contribution in [-0.2, 0) is 26.0 Å². The summed E-state index contributed by atoms with van der Waals surface area (Å²) in [5.74, 6) is -2.09. The second-order valence-corrected chi connectivity index (χ2v) is 7.80. The number of hydrogen-bond donors (Lipinski definition) is 2. The van der Waals surface area contributed by atoms with Crippen molar-refractivity contribution >= 4 is 33.3 Å². The van der Waals surface area contributed by atoms with E-state index in [0.717, 1.165) is 18.4 Å². The molecule has 2 aromatic rings. The second-order valence-electron chi connectivity index (χ2n) is 5.27. The summed E-state index contributed by atoms with van der Waals surface area (Å²) in [5.41, 5.74) is 1.02. The smallest absolute Gasteiger partial charge is 0.349 e. The molecule has 1 heterocycles. The molecule has 0 saturated carbocycles. The molecule has 0 aliphatic heterocycles. The Hall–Kier alpha value is -2.23. The third kappa shape index (κ3) is 4.44. The maximum absolute atomic E-state index is 12.7. The van der Waals surface area contributed by atoms with Crippen molar-refractivity contribution in [2.24, 2.45) is 0 Å². The molecule has 0 saturated heterocycles. The zero-order valence-electron chi connectivity index (χ0n) is 13.6. The lowest BCUT2D eigenvalue weighted by Gasteiger charge is -2.15. The molecule has 0 aliphatic carbocycles. The summed E-state index contributed by atoms with van der Waals surface area (Å²) in [4.78, 5) is 22.9. The van der Waals surface area contributed by atoms with Crippen LogP contribution in [0.4, 0.5) is 0 Å². The topological polar surface area (TPSA) is 110 Å². The van der Waals surface area contributed by atoms with E-state index in [1.807, 2.05) is 0 Å². The number of sulfonamides is 1. The molecule has 1 atom stereocenters. The number of hydrogen-bond acceptors (Lipinski definition) is 6. The molecule has 0 radical (unpaired) electrons. The molecular weight excluding hydrogens is 366 g/mol. The fraction of sp³-hybridized carbons (Fsp3) is 0.250. The number of ether oxygens (including phenoxy) is 1. The van der Waals surface area contributed by atoms with Gasteiger partial charge in [-0.25, -0.2) is 13.2 Å². The Morgan fingerprint density at radius 3 is 2.48 bits per heavy atom. The fourth-order valence-electron chi connectivity index (χ4n) is 2.28. The lowest BCUT2D eigenvalue weighted by Crippen LogP contribution is -2.42. The molecule has 0 unspecified atom stereocenters. The Morgan fingerprint density at radius 2 is 1.92 bits per heavy atom. The van der Waals surface area contributed by atoms with Crippen LogP contribution in [-0.4, -0.2) is 38.6 Å². The van der Waals surface area contributed by atoms with Crippen molar-refractivity contribution < 1.29 is 27.9 Å². The number of rotatable bonds is 7. The monoisotopic (exact) mass is 383 g/mol. The first-order chi connectivity index (χ1) is 11.8. The van der Waals surface area contributed by atoms with Crippen molar-refractivity contribution in [2.45, 2.75) is 24.3 Å². The number of carbonyl (C=O) groups excluding carboxylic acids is 1. The summed E-state index contributed by atoms with van der Waals surface area (Å²) in [6, 6.07) is 7.31. The van der Waals surface area contributed by atoms with Crippen LogP contribution in [0.2, 0.25) is 0 Å². The first kappa shape index (κ1) is 19.1. The average molecular weight is 383 g/mol. The minimum Gasteiger partial charge on any atom is -0.480 e. The van der Waals surface area contributed by atoms with Crippen molar-refractivity contribution in [1.82, 2.24) is 4.72 Å². The van der Waals surface area contributed by atoms with Crippen LogP contribution in [0.3, 0.4) is 0 Å². The number of benzene rings is 1. The lowest BCUT2D eigenvalue weighted by atomic mass is 10.1. The standard InChI is InChI=1S/C16H17NO6S2/c1-10-9-24-13(16(20)23-2)14(10)25(21,22)17-12(15(18)19)8-11-6-4-3-5-7-11/h3-7,9,12,17H,8H2,1-2H3,(H,18,19)/t12-/m0/s1. The van der Waals surface area contributed by atoms with E-state index >= 15 is 0 Å². The van der Waals surface area contributed by atoms with Crippen LogP contribution in [0.1, 0.15) is 20.8 Å². The summed E-state index contributed by atoms with van der Waals surface area (Å²) in [6.07, 6.45) is -0.0217. The molecule has 1 aromatic carbocycles. The Labute approximate surface area is 149 Å². The minimum atomic E-state index is -4.22. The third-order valence-electron chi connectivity index (χ3n) is 3.44. The lowest BCUT2D eigenvalue weighted by molar-refractivity contribution is -0.138. The fourth-order valence-corrected chi connectivity index (χ4v) is 5.17. The predicted octanol–water partition coefficient (Wildman–Crippen LogP) is 1.82. The zero-order valence-corrected chi connectivity index (χ0v) is 15.2. The van der Waals surface area contributed by atoms with Gasteiger partial charge in [0.2, 0.25) is 10.0 Å². The average Bonchev–Trinajstić information content (AvgIpc) is 2.96. The number of carboxylic acid groups (broad SMARTS) is 1. The minimum absolute atomic E-state index is 0.0217. The van der Waals surface area contributed by atoms with Gasteiger partial charge in [-0.2, -0.15) is 4.72 Å². The molecule has 2 N–H and O–H groups in total. The highest BCUT2D eigenvalue weighted by Crippen LogP contribution is 2.27. The van der Waals surface area contributed by atoms with Crippen LogP contribution in [0.5, 0.6) is 0 Å². The van der Waals surface area contributed by atoms with Gasteiger partial charge in [0.05, 0.1) is 7.11 Å². The van der Waals surface area contributed by atoms with E-state index in [0.29, 0.717) is 11.1 Å². The van der Waals surface area contributed by atoms with Crippen molar-refractivity contribution in [3.63, 3.8) is 0 Å². The number of nitrogens with one attached hydrogen (secondary N) is 1. The van der Waals surface area contributed by atoms with Gasteiger partial charge in [-0.3, -0.25) is 4.79 Å². The van der Waals surface area contributed by atoms with Gasteiger partial charge < -0.3 is 9.84 Å². The highest BCUT2D eigenvalue weighted by molar-refractivity contribution is 7.89. The highest BCUT2D eigenvalue weighted by Gasteiger charge is 2.31. The van der Waals surface area contributed by atoms with Crippen molar-refractivity contribution in [3.05, 3.63) is 51.7 Å². The maximum atomic E-state index is 12.7. The molecule has 0 spiro atoms. The van der Waals surface area contributed by atoms with Gasteiger partial charge in [-0.1, -0.05) is 30.3 Å². The van der Waals surface area contributed by atoms with Gasteiger partial charge in [0.15, 0.2) is 0 Å². The van der Waals surface area contributed by atoms with E-state index < -0.39 is 28.0 Å². The van der Waals surface area contributed by atoms with E-state index in [2.05, 4.69) is 9.46 Å². The van der Waals surface area contributed by atoms with Gasteiger partial charge in [0, 0.05) is 0 Å². The maximum Gasteiger partial charge on any atom is 0.349 e. The van der Waals surface area contributed by atoms with E-state index in [1.165, 1.54) is 12.3 Å². The van der Waals surface area contributed by atoms with Gasteiger partial charge >= 0.3 is 11.9 Å². The quantitative estimate of drug-likeness (QED) is 0.706. The second kappa shape index (κ2) is 7.77. The largest absolute Gasteiger partial charge is 0.480 e. The molecule has 25 heavy (non-hydrogen) atoms. The molecule has 2 rings (SSSR count). The highest BCUT2D eigenvalue weighted by atomic mass is 32.2. The molecular formula is C16H17NO6S2. The van der Waals surface area contributed by atoms with Gasteiger partial charge in [0.1, 0.15) is 15.8 Å². The summed E-state index contributed by atoms with van der Waals surface area (Å²) in [7, 11) is -3.07. The van der Waals surface area contributed by atoms with Gasteiger partial charge in [-0.05, 0) is 29.9 Å². The molecule has 0 aliphatic rings. The van der Waals surface area contributed by atoms with E-state index in [4.69, 9.17) is 0 Å². The number of aryl methyl sites for hydroxylation is 1. The molecule has 1 aromatic heterocycles. The van der Waals surface area contributed by atoms with Crippen molar-refractivity contribution in [3.8, 4) is 0 Å². The van der Waals surface area contributed by atoms with E-state index in [9.17, 15) is 23.1 Å². The van der Waals surface area contributed by atoms with Crippen LogP contribution in [0, 0.1) is 6.92 Å². The Bertz CT molecular complexity index is 873. The molecule has 0 amide bonds. The van der Waals surface area contributed by atoms with Gasteiger partial charge in [0.25, 0.3) is 0 Å². The Morgan fingerprint density at radius 1 is 1.28 bits per heavy atom. The van der Waals surface area contributed by atoms with Crippen LogP contribution < -0.4 is 4.72 Å².